The summed E-state index contributed by atoms with van der Waals surface area (Å²) in [6, 6.07) is 1.58. The summed E-state index contributed by atoms with van der Waals surface area (Å²) in [6.45, 7) is 11.2. The Morgan fingerprint density at radius 1 is 1.32 bits per heavy atom. The molecule has 1 saturated heterocycles. The minimum Gasteiger partial charge on any atom is -0.481 e. The number of carboxylic acid groups (broad SMARTS) is 1. The Labute approximate surface area is 180 Å². The van der Waals surface area contributed by atoms with Crippen LogP contribution in [0.3, 0.4) is 0 Å². The van der Waals surface area contributed by atoms with Gasteiger partial charge in [-0.3, -0.25) is 9.69 Å². The molecule has 0 spiro atoms. The van der Waals surface area contributed by atoms with Crippen LogP contribution in [-0.4, -0.2) is 44.0 Å². The monoisotopic (exact) mass is 440 g/mol. The zero-order valence-electron chi connectivity index (χ0n) is 18.7. The van der Waals surface area contributed by atoms with E-state index in [1.165, 1.54) is 6.92 Å². The van der Waals surface area contributed by atoms with E-state index in [9.17, 15) is 23.1 Å². The molecule has 3 rings (SSSR count). The molecule has 1 fully saturated rings. The van der Waals surface area contributed by atoms with Crippen molar-refractivity contribution >= 4 is 17.1 Å². The summed E-state index contributed by atoms with van der Waals surface area (Å²) in [6.07, 6.45) is -2.57. The third kappa shape index (κ3) is 4.86. The van der Waals surface area contributed by atoms with Crippen LogP contribution < -0.4 is 0 Å². The van der Waals surface area contributed by atoms with Crippen LogP contribution in [0.15, 0.2) is 6.07 Å². The SMILES string of the molecule is CCC[C@@]1(C(=O)O)C[C@@H](C(C)(C)C)CN(Cc2cc3nc(C(F)(F)F)c(C)nc3[nH]2)C1. The highest BCUT2D eigenvalue weighted by Crippen LogP contribution is 2.44. The van der Waals surface area contributed by atoms with Crippen LogP contribution in [0.25, 0.3) is 11.2 Å². The van der Waals surface area contributed by atoms with E-state index in [0.717, 1.165) is 13.0 Å². The average molecular weight is 441 g/mol. The third-order valence-corrected chi connectivity index (χ3v) is 6.40. The van der Waals surface area contributed by atoms with Gasteiger partial charge in [-0.1, -0.05) is 34.1 Å². The number of nitrogens with one attached hydrogen (secondary N) is 1. The first kappa shape index (κ1) is 23.5. The highest BCUT2D eigenvalue weighted by atomic mass is 19.4. The van der Waals surface area contributed by atoms with Crippen LogP contribution in [0.4, 0.5) is 13.2 Å². The van der Waals surface area contributed by atoms with Gasteiger partial charge in [0.15, 0.2) is 11.3 Å². The molecule has 1 aliphatic rings. The van der Waals surface area contributed by atoms with Gasteiger partial charge in [0.25, 0.3) is 0 Å². The first-order valence-corrected chi connectivity index (χ1v) is 10.6. The normalized spacial score (nSPS) is 23.4. The number of hydrogen-bond acceptors (Lipinski definition) is 4. The summed E-state index contributed by atoms with van der Waals surface area (Å²) in [5.41, 5.74) is -0.892. The van der Waals surface area contributed by atoms with Crippen LogP contribution in [0.2, 0.25) is 0 Å². The Hall–Kier alpha value is -2.16. The number of H-pyrrole nitrogens is 1. The Bertz CT molecular complexity index is 964. The highest BCUT2D eigenvalue weighted by molar-refractivity contribution is 5.75. The number of aryl methyl sites for hydroxylation is 1. The molecule has 0 radical (unpaired) electrons. The number of piperidine rings is 1. The number of aromatic nitrogens is 3. The second-order valence-corrected chi connectivity index (χ2v) is 9.96. The summed E-state index contributed by atoms with van der Waals surface area (Å²) < 4.78 is 39.5. The second kappa shape index (κ2) is 8.07. The molecule has 2 aromatic rings. The Balaban J connectivity index is 1.92. The number of aromatic amines is 1. The first-order valence-electron chi connectivity index (χ1n) is 10.6. The predicted octanol–water partition coefficient (Wildman–Crippen LogP) is 5.02. The fourth-order valence-corrected chi connectivity index (χ4v) is 4.70. The fraction of sp³-hybridized carbons (Fsp3) is 0.682. The molecule has 0 aliphatic carbocycles. The van der Waals surface area contributed by atoms with Gasteiger partial charge in [-0.15, -0.1) is 0 Å². The number of nitrogens with zero attached hydrogens (tertiary/aromatic N) is 3. The lowest BCUT2D eigenvalue weighted by atomic mass is 9.65. The highest BCUT2D eigenvalue weighted by Gasteiger charge is 2.47. The zero-order valence-corrected chi connectivity index (χ0v) is 18.7. The molecule has 6 nitrogen and oxygen atoms in total. The standard InChI is InChI=1S/C22H31F3N4O2/c1-6-7-21(19(30)31)9-14(20(3,4)5)10-29(12-21)11-15-8-16-18(27-15)26-13(2)17(28-16)22(23,24)25/h8,14H,6-7,9-12H2,1-5H3,(H,26,27)(H,30,31)/t14-,21-/m1/s1. The molecule has 172 valence electrons. The Kier molecular flexibility index (Phi) is 6.12. The summed E-state index contributed by atoms with van der Waals surface area (Å²) in [5, 5.41) is 10.1. The van der Waals surface area contributed by atoms with Crippen molar-refractivity contribution in [1.82, 2.24) is 19.9 Å². The average Bonchev–Trinajstić information content (AvgIpc) is 3.00. The lowest BCUT2D eigenvalue weighted by Crippen LogP contribution is -2.53. The van der Waals surface area contributed by atoms with Crippen LogP contribution in [0.1, 0.15) is 64.0 Å². The molecule has 0 aromatic carbocycles. The van der Waals surface area contributed by atoms with Gasteiger partial charge in [0.05, 0.1) is 11.1 Å². The molecule has 0 saturated carbocycles. The smallest absolute Gasteiger partial charge is 0.435 e. The molecule has 0 bridgehead atoms. The second-order valence-electron chi connectivity index (χ2n) is 9.96. The minimum absolute atomic E-state index is 0.0601. The summed E-state index contributed by atoms with van der Waals surface area (Å²) in [7, 11) is 0. The molecule has 2 N–H and O–H groups in total. The maximum Gasteiger partial charge on any atom is 0.435 e. The van der Waals surface area contributed by atoms with Gasteiger partial charge in [-0.25, -0.2) is 9.97 Å². The van der Waals surface area contributed by atoms with E-state index >= 15 is 0 Å². The molecule has 2 aromatic heterocycles. The Morgan fingerprint density at radius 3 is 2.55 bits per heavy atom. The number of likely N-dealkylation sites (tertiary alicyclic amines) is 1. The molecule has 1 aliphatic heterocycles. The number of alkyl halides is 3. The lowest BCUT2D eigenvalue weighted by Gasteiger charge is -2.48. The molecule has 2 atom stereocenters. The van der Waals surface area contributed by atoms with E-state index in [-0.39, 0.29) is 22.5 Å². The molecule has 0 amide bonds. The van der Waals surface area contributed by atoms with Gasteiger partial charge in [-0.05, 0) is 37.2 Å². The quantitative estimate of drug-likeness (QED) is 0.682. The van der Waals surface area contributed by atoms with Crippen LogP contribution in [0.5, 0.6) is 0 Å². The zero-order chi connectivity index (χ0) is 23.2. The molecule has 31 heavy (non-hydrogen) atoms. The lowest BCUT2D eigenvalue weighted by molar-refractivity contribution is -0.157. The van der Waals surface area contributed by atoms with Gasteiger partial charge in [0, 0.05) is 25.3 Å². The van der Waals surface area contributed by atoms with Crippen molar-refractivity contribution in [3.05, 3.63) is 23.1 Å². The largest absolute Gasteiger partial charge is 0.481 e. The molecular formula is C22H31F3N4O2. The summed E-state index contributed by atoms with van der Waals surface area (Å²) in [5.74, 6) is -0.595. The molecule has 0 unspecified atom stereocenters. The van der Waals surface area contributed by atoms with Gasteiger partial charge >= 0.3 is 12.1 Å². The number of aliphatic carboxylic acids is 1. The van der Waals surface area contributed by atoms with Crippen LogP contribution in [-0.2, 0) is 17.5 Å². The van der Waals surface area contributed by atoms with E-state index in [4.69, 9.17) is 0 Å². The molecular weight excluding hydrogens is 409 g/mol. The Morgan fingerprint density at radius 2 is 2.00 bits per heavy atom. The number of carbonyl (C=O) groups is 1. The molecule has 9 heteroatoms. The van der Waals surface area contributed by atoms with Crippen molar-refractivity contribution in [1.29, 1.82) is 0 Å². The van der Waals surface area contributed by atoms with Gasteiger partial charge in [0.1, 0.15) is 5.52 Å². The van der Waals surface area contributed by atoms with Crippen LogP contribution >= 0.6 is 0 Å². The van der Waals surface area contributed by atoms with E-state index < -0.39 is 23.3 Å². The van der Waals surface area contributed by atoms with Crippen molar-refractivity contribution in [2.75, 3.05) is 13.1 Å². The summed E-state index contributed by atoms with van der Waals surface area (Å²) in [4.78, 5) is 25.3. The number of hydrogen-bond donors (Lipinski definition) is 2. The number of fused-ring (bicyclic) bond motifs is 1. The van der Waals surface area contributed by atoms with Gasteiger partial charge in [0.2, 0.25) is 0 Å². The van der Waals surface area contributed by atoms with E-state index in [0.29, 0.717) is 37.3 Å². The number of rotatable bonds is 5. The van der Waals surface area contributed by atoms with Gasteiger partial charge < -0.3 is 10.1 Å². The van der Waals surface area contributed by atoms with Crippen molar-refractivity contribution < 1.29 is 23.1 Å². The summed E-state index contributed by atoms with van der Waals surface area (Å²) >= 11 is 0. The first-order chi connectivity index (χ1) is 14.2. The van der Waals surface area contributed by atoms with Crippen molar-refractivity contribution in [3.63, 3.8) is 0 Å². The van der Waals surface area contributed by atoms with Gasteiger partial charge in [-0.2, -0.15) is 13.2 Å². The maximum atomic E-state index is 13.2. The predicted molar refractivity (Wildman–Crippen MR) is 111 cm³/mol. The number of halogens is 3. The number of carboxylic acids is 1. The topological polar surface area (TPSA) is 82.1 Å². The molecule has 3 heterocycles. The minimum atomic E-state index is -4.56. The maximum absolute atomic E-state index is 13.2. The van der Waals surface area contributed by atoms with E-state index in [2.05, 4.69) is 40.6 Å². The van der Waals surface area contributed by atoms with Crippen molar-refractivity contribution in [3.8, 4) is 0 Å². The fourth-order valence-electron chi connectivity index (χ4n) is 4.70. The van der Waals surface area contributed by atoms with E-state index in [1.807, 2.05) is 6.92 Å². The van der Waals surface area contributed by atoms with Crippen LogP contribution in [0, 0.1) is 23.7 Å². The van der Waals surface area contributed by atoms with E-state index in [1.54, 1.807) is 6.07 Å². The van der Waals surface area contributed by atoms with Crippen molar-refractivity contribution in [2.24, 2.45) is 16.7 Å². The van der Waals surface area contributed by atoms with Crippen molar-refractivity contribution in [2.45, 2.75) is 66.6 Å². The third-order valence-electron chi connectivity index (χ3n) is 6.40.